The van der Waals surface area contributed by atoms with E-state index in [1.165, 1.54) is 16.4 Å². The average Bonchev–Trinajstić information content (AvgIpc) is 3.03. The van der Waals surface area contributed by atoms with Gasteiger partial charge in [0.1, 0.15) is 11.6 Å². The number of methoxy groups -OCH3 is 1. The monoisotopic (exact) mass is 473 g/mol. The molecule has 0 spiro atoms. The zero-order valence-electron chi connectivity index (χ0n) is 18.3. The molecule has 0 radical (unpaired) electrons. The van der Waals surface area contributed by atoms with Crippen LogP contribution in [0.1, 0.15) is 22.6 Å². The molecule has 0 aliphatic carbocycles. The molecule has 1 saturated heterocycles. The van der Waals surface area contributed by atoms with Gasteiger partial charge in [0.15, 0.2) is 5.69 Å². The number of hydrogen-bond donors (Lipinski definition) is 0. The van der Waals surface area contributed by atoms with E-state index in [0.717, 1.165) is 12.1 Å². The number of ether oxygens (including phenoxy) is 1. The van der Waals surface area contributed by atoms with Crippen LogP contribution in [0.2, 0.25) is 0 Å². The number of amides is 1. The molecule has 2 heterocycles. The van der Waals surface area contributed by atoms with E-state index in [4.69, 9.17) is 4.74 Å². The predicted octanol–water partition coefficient (Wildman–Crippen LogP) is 2.26. The maximum Gasteiger partial charge on any atom is 0.276 e. The van der Waals surface area contributed by atoms with Gasteiger partial charge in [0.25, 0.3) is 5.91 Å². The normalized spacial score (nSPS) is 15.3. The lowest BCUT2D eigenvalue weighted by Gasteiger charge is -2.21. The highest BCUT2D eigenvalue weighted by atomic mass is 32.2. The Morgan fingerprint density at radius 2 is 1.82 bits per heavy atom. The van der Waals surface area contributed by atoms with Gasteiger partial charge in [-0.25, -0.2) is 17.5 Å². The number of nitrogens with zero attached hydrogens (tertiary/aromatic N) is 5. The molecule has 9 nitrogen and oxygen atoms in total. The second kappa shape index (κ2) is 9.28. The first kappa shape index (κ1) is 22.9. The van der Waals surface area contributed by atoms with Gasteiger partial charge in [0, 0.05) is 32.2 Å². The van der Waals surface area contributed by atoms with Gasteiger partial charge in [-0.3, -0.25) is 4.79 Å². The van der Waals surface area contributed by atoms with Crippen LogP contribution in [0.5, 0.6) is 5.75 Å². The van der Waals surface area contributed by atoms with E-state index in [1.54, 1.807) is 29.7 Å². The van der Waals surface area contributed by atoms with Crippen LogP contribution in [-0.2, 0) is 10.0 Å². The van der Waals surface area contributed by atoms with E-state index < -0.39 is 15.8 Å². The van der Waals surface area contributed by atoms with Gasteiger partial charge in [-0.1, -0.05) is 11.3 Å². The Morgan fingerprint density at radius 1 is 1.06 bits per heavy atom. The number of hydrogen-bond acceptors (Lipinski definition) is 6. The molecular weight excluding hydrogens is 449 g/mol. The first-order valence-corrected chi connectivity index (χ1v) is 11.9. The van der Waals surface area contributed by atoms with E-state index in [2.05, 4.69) is 10.3 Å². The van der Waals surface area contributed by atoms with Crippen LogP contribution in [0.3, 0.4) is 0 Å². The minimum atomic E-state index is -3.78. The summed E-state index contributed by atoms with van der Waals surface area (Å²) in [5.74, 6) is -0.146. The zero-order valence-corrected chi connectivity index (χ0v) is 19.1. The summed E-state index contributed by atoms with van der Waals surface area (Å²) >= 11 is 0. The molecule has 2 aromatic carbocycles. The van der Waals surface area contributed by atoms with E-state index in [9.17, 15) is 17.6 Å². The van der Waals surface area contributed by atoms with Crippen LogP contribution in [0.15, 0.2) is 53.4 Å². The topological polar surface area (TPSA) is 97.6 Å². The van der Waals surface area contributed by atoms with Crippen LogP contribution < -0.4 is 4.74 Å². The van der Waals surface area contributed by atoms with Crippen LogP contribution in [0, 0.1) is 12.7 Å². The summed E-state index contributed by atoms with van der Waals surface area (Å²) in [6, 6.07) is 12.0. The molecule has 0 atom stereocenters. The Balaban J connectivity index is 1.50. The minimum Gasteiger partial charge on any atom is -0.497 e. The molecule has 3 aromatic rings. The molecule has 1 aliphatic rings. The standard InChI is InChI=1S/C22H24FN5O4S/c1-16-21(24-25-28(16)18-5-3-6-19(15-18)32-2)22(29)26-11-4-12-27(14-13-26)33(30,31)20-9-7-17(23)8-10-20/h3,5-10,15H,4,11-14H2,1-2H3. The molecule has 4 rings (SSSR count). The smallest absolute Gasteiger partial charge is 0.276 e. The maximum absolute atomic E-state index is 13.2. The van der Waals surface area contributed by atoms with Gasteiger partial charge in [-0.05, 0) is 49.7 Å². The van der Waals surface area contributed by atoms with Crippen molar-refractivity contribution in [1.82, 2.24) is 24.2 Å². The summed E-state index contributed by atoms with van der Waals surface area (Å²) in [6.07, 6.45) is 0.467. The molecule has 1 aliphatic heterocycles. The Hall–Kier alpha value is -3.31. The Labute approximate surface area is 191 Å². The number of carbonyl (C=O) groups excluding carboxylic acids is 1. The molecule has 33 heavy (non-hydrogen) atoms. The third kappa shape index (κ3) is 4.60. The van der Waals surface area contributed by atoms with Gasteiger partial charge in [0.2, 0.25) is 10.0 Å². The fourth-order valence-electron chi connectivity index (χ4n) is 3.76. The first-order chi connectivity index (χ1) is 15.8. The highest BCUT2D eigenvalue weighted by molar-refractivity contribution is 7.89. The van der Waals surface area contributed by atoms with E-state index in [0.29, 0.717) is 30.1 Å². The highest BCUT2D eigenvalue weighted by Gasteiger charge is 2.30. The average molecular weight is 474 g/mol. The molecule has 0 unspecified atom stereocenters. The molecule has 0 saturated carbocycles. The predicted molar refractivity (Wildman–Crippen MR) is 118 cm³/mol. The summed E-state index contributed by atoms with van der Waals surface area (Å²) < 4.78 is 47.2. The maximum atomic E-state index is 13.2. The molecule has 0 N–H and O–H groups in total. The van der Waals surface area contributed by atoms with Gasteiger partial charge in [-0.2, -0.15) is 4.31 Å². The number of benzene rings is 2. The third-order valence-electron chi connectivity index (χ3n) is 5.59. The number of sulfonamides is 1. The van der Waals surface area contributed by atoms with E-state index >= 15 is 0 Å². The molecular formula is C22H24FN5O4S. The number of carbonyl (C=O) groups is 1. The number of halogens is 1. The second-order valence-electron chi connectivity index (χ2n) is 7.64. The van der Waals surface area contributed by atoms with E-state index in [-0.39, 0.29) is 36.1 Å². The third-order valence-corrected chi connectivity index (χ3v) is 7.50. The quantitative estimate of drug-likeness (QED) is 0.564. The highest BCUT2D eigenvalue weighted by Crippen LogP contribution is 2.21. The van der Waals surface area contributed by atoms with Crippen molar-refractivity contribution in [1.29, 1.82) is 0 Å². The van der Waals surface area contributed by atoms with Crippen molar-refractivity contribution in [2.45, 2.75) is 18.2 Å². The van der Waals surface area contributed by atoms with Gasteiger partial charge in [0.05, 0.1) is 23.4 Å². The summed E-state index contributed by atoms with van der Waals surface area (Å²) in [5, 5.41) is 8.22. The molecule has 174 valence electrons. The van der Waals surface area contributed by atoms with Crippen LogP contribution in [-0.4, -0.2) is 71.8 Å². The molecule has 11 heteroatoms. The van der Waals surface area contributed by atoms with Crippen molar-refractivity contribution in [3.05, 3.63) is 65.7 Å². The van der Waals surface area contributed by atoms with Gasteiger partial charge >= 0.3 is 0 Å². The second-order valence-corrected chi connectivity index (χ2v) is 9.58. The fraction of sp³-hybridized carbons (Fsp3) is 0.318. The Bertz CT molecular complexity index is 1260. The fourth-order valence-corrected chi connectivity index (χ4v) is 5.23. The summed E-state index contributed by atoms with van der Waals surface area (Å²) in [7, 11) is -2.21. The van der Waals surface area contributed by atoms with Gasteiger partial charge in [-0.15, -0.1) is 5.10 Å². The van der Waals surface area contributed by atoms with Crippen LogP contribution >= 0.6 is 0 Å². The lowest BCUT2D eigenvalue weighted by Crippen LogP contribution is -2.37. The molecule has 1 aromatic heterocycles. The molecule has 1 amide bonds. The Morgan fingerprint density at radius 3 is 2.55 bits per heavy atom. The zero-order chi connectivity index (χ0) is 23.6. The first-order valence-electron chi connectivity index (χ1n) is 10.4. The SMILES string of the molecule is COc1cccc(-n2nnc(C(=O)N3CCCN(S(=O)(=O)c4ccc(F)cc4)CC3)c2C)c1. The van der Waals surface area contributed by atoms with Gasteiger partial charge < -0.3 is 9.64 Å². The minimum absolute atomic E-state index is 0.0285. The van der Waals surface area contributed by atoms with Crippen molar-refractivity contribution in [3.8, 4) is 11.4 Å². The summed E-state index contributed by atoms with van der Waals surface area (Å²) in [5.41, 5.74) is 1.51. The van der Waals surface area contributed by atoms with Crippen molar-refractivity contribution in [3.63, 3.8) is 0 Å². The largest absolute Gasteiger partial charge is 0.497 e. The van der Waals surface area contributed by atoms with Crippen LogP contribution in [0.4, 0.5) is 4.39 Å². The van der Waals surface area contributed by atoms with Crippen LogP contribution in [0.25, 0.3) is 5.69 Å². The number of aromatic nitrogens is 3. The van der Waals surface area contributed by atoms with Crippen molar-refractivity contribution < 1.29 is 22.3 Å². The molecule has 1 fully saturated rings. The molecule has 0 bridgehead atoms. The lowest BCUT2D eigenvalue weighted by molar-refractivity contribution is 0.0757. The van der Waals surface area contributed by atoms with E-state index in [1.807, 2.05) is 18.2 Å². The van der Waals surface area contributed by atoms with Crippen molar-refractivity contribution in [2.24, 2.45) is 0 Å². The van der Waals surface area contributed by atoms with Crippen molar-refractivity contribution in [2.75, 3.05) is 33.3 Å². The Kier molecular flexibility index (Phi) is 6.43. The van der Waals surface area contributed by atoms with Crippen molar-refractivity contribution >= 4 is 15.9 Å². The summed E-state index contributed by atoms with van der Waals surface area (Å²) in [4.78, 5) is 14.8. The lowest BCUT2D eigenvalue weighted by atomic mass is 10.2. The number of rotatable bonds is 5. The summed E-state index contributed by atoms with van der Waals surface area (Å²) in [6.45, 7) is 2.76.